The molecule has 0 bridgehead atoms. The smallest absolute Gasteiger partial charge is 0.338 e. The number of carbonyl (C=O) groups is 1. The Labute approximate surface area is 140 Å². The van der Waals surface area contributed by atoms with Gasteiger partial charge in [0.25, 0.3) is 0 Å². The molecule has 1 aliphatic heterocycles. The van der Waals surface area contributed by atoms with E-state index < -0.39 is 11.6 Å². The van der Waals surface area contributed by atoms with E-state index in [1.54, 1.807) is 4.68 Å². The standard InChI is InChI=1S/C17H21N5O2/c1-10-8-6-7-9-12(10)14-13(15(23)24-17(3,4)5)11(2)18-16-19-20-21-22(14)16/h6-9,14H,1-5H3,(H,18,19,21)/t14-/m0/s1. The summed E-state index contributed by atoms with van der Waals surface area (Å²) in [6.45, 7) is 9.39. The van der Waals surface area contributed by atoms with Crippen molar-refractivity contribution in [3.8, 4) is 0 Å². The molecule has 3 rings (SSSR count). The fourth-order valence-corrected chi connectivity index (χ4v) is 2.79. The zero-order valence-electron chi connectivity index (χ0n) is 14.5. The number of carbonyl (C=O) groups excluding carboxylic acids is 1. The summed E-state index contributed by atoms with van der Waals surface area (Å²) in [6.07, 6.45) is 0. The van der Waals surface area contributed by atoms with Crippen LogP contribution < -0.4 is 5.32 Å². The maximum atomic E-state index is 12.8. The van der Waals surface area contributed by atoms with Gasteiger partial charge in [-0.15, -0.1) is 0 Å². The Morgan fingerprint density at radius 3 is 2.62 bits per heavy atom. The number of esters is 1. The largest absolute Gasteiger partial charge is 0.456 e. The van der Waals surface area contributed by atoms with Gasteiger partial charge in [0.05, 0.1) is 5.57 Å². The Balaban J connectivity index is 2.14. The van der Waals surface area contributed by atoms with Gasteiger partial charge in [-0.2, -0.15) is 4.68 Å². The number of allylic oxidation sites excluding steroid dienone is 1. The lowest BCUT2D eigenvalue weighted by Gasteiger charge is -2.30. The maximum absolute atomic E-state index is 12.8. The molecule has 0 saturated heterocycles. The summed E-state index contributed by atoms with van der Waals surface area (Å²) in [5.41, 5.74) is 2.65. The molecular formula is C17H21N5O2. The van der Waals surface area contributed by atoms with Gasteiger partial charge in [0, 0.05) is 5.70 Å². The van der Waals surface area contributed by atoms with Gasteiger partial charge in [-0.05, 0) is 56.2 Å². The summed E-state index contributed by atoms with van der Waals surface area (Å²) in [4.78, 5) is 12.8. The summed E-state index contributed by atoms with van der Waals surface area (Å²) >= 11 is 0. The van der Waals surface area contributed by atoms with E-state index in [2.05, 4.69) is 20.8 Å². The molecule has 0 saturated carbocycles. The lowest BCUT2D eigenvalue weighted by atomic mass is 9.92. The van der Waals surface area contributed by atoms with Gasteiger partial charge in [0.1, 0.15) is 11.6 Å². The number of nitrogens with zero attached hydrogens (tertiary/aromatic N) is 4. The fourth-order valence-electron chi connectivity index (χ4n) is 2.79. The van der Waals surface area contributed by atoms with Crippen LogP contribution in [0.15, 0.2) is 35.5 Å². The van der Waals surface area contributed by atoms with Crippen LogP contribution in [0.3, 0.4) is 0 Å². The Hall–Kier alpha value is -2.70. The number of aromatic nitrogens is 4. The number of aryl methyl sites for hydroxylation is 1. The highest BCUT2D eigenvalue weighted by Crippen LogP contribution is 2.36. The number of anilines is 1. The van der Waals surface area contributed by atoms with Gasteiger partial charge >= 0.3 is 5.97 Å². The molecule has 0 spiro atoms. The average molecular weight is 327 g/mol. The molecule has 1 aromatic carbocycles. The third kappa shape index (κ3) is 2.89. The van der Waals surface area contributed by atoms with Crippen molar-refractivity contribution in [2.75, 3.05) is 5.32 Å². The van der Waals surface area contributed by atoms with Crippen LogP contribution in [0, 0.1) is 6.92 Å². The van der Waals surface area contributed by atoms with Crippen LogP contribution in [-0.2, 0) is 9.53 Å². The molecular weight excluding hydrogens is 306 g/mol. The van der Waals surface area contributed by atoms with Gasteiger partial charge in [-0.1, -0.05) is 29.4 Å². The van der Waals surface area contributed by atoms with Crippen LogP contribution in [-0.4, -0.2) is 31.8 Å². The van der Waals surface area contributed by atoms with E-state index in [9.17, 15) is 4.79 Å². The minimum Gasteiger partial charge on any atom is -0.456 e. The first-order valence-electron chi connectivity index (χ1n) is 7.82. The number of nitrogens with one attached hydrogen (secondary N) is 1. The molecule has 1 aliphatic rings. The minimum atomic E-state index is -0.582. The van der Waals surface area contributed by atoms with Crippen molar-refractivity contribution in [3.05, 3.63) is 46.7 Å². The first-order chi connectivity index (χ1) is 11.3. The quantitative estimate of drug-likeness (QED) is 0.854. The summed E-state index contributed by atoms with van der Waals surface area (Å²) in [5, 5.41) is 14.9. The van der Waals surface area contributed by atoms with Crippen LogP contribution in [0.2, 0.25) is 0 Å². The number of tetrazole rings is 1. The van der Waals surface area contributed by atoms with Crippen molar-refractivity contribution in [2.24, 2.45) is 0 Å². The van der Waals surface area contributed by atoms with Crippen molar-refractivity contribution < 1.29 is 9.53 Å². The Kier molecular flexibility index (Phi) is 3.87. The molecule has 0 amide bonds. The predicted molar refractivity (Wildman–Crippen MR) is 89.3 cm³/mol. The Morgan fingerprint density at radius 2 is 1.96 bits per heavy atom. The van der Waals surface area contributed by atoms with E-state index in [1.807, 2.05) is 58.9 Å². The van der Waals surface area contributed by atoms with Crippen LogP contribution >= 0.6 is 0 Å². The summed E-state index contributed by atoms with van der Waals surface area (Å²) in [6, 6.07) is 7.46. The molecule has 0 unspecified atom stereocenters. The van der Waals surface area contributed by atoms with Crippen LogP contribution in [0.25, 0.3) is 0 Å². The molecule has 126 valence electrons. The normalized spacial score (nSPS) is 17.3. The highest BCUT2D eigenvalue weighted by atomic mass is 16.6. The van der Waals surface area contributed by atoms with Gasteiger partial charge in [-0.25, -0.2) is 4.79 Å². The van der Waals surface area contributed by atoms with Crippen molar-refractivity contribution in [1.82, 2.24) is 20.2 Å². The molecule has 0 aliphatic carbocycles. The second-order valence-electron chi connectivity index (χ2n) is 6.87. The highest BCUT2D eigenvalue weighted by molar-refractivity contribution is 5.92. The summed E-state index contributed by atoms with van der Waals surface area (Å²) < 4.78 is 7.23. The SMILES string of the molecule is CC1=C(C(=O)OC(C)(C)C)[C@H](c2ccccc2C)n2nnnc2N1. The Bertz CT molecular complexity index is 816. The van der Waals surface area contributed by atoms with Gasteiger partial charge in [0.15, 0.2) is 0 Å². The molecule has 7 heteroatoms. The maximum Gasteiger partial charge on any atom is 0.338 e. The van der Waals surface area contributed by atoms with Crippen molar-refractivity contribution >= 4 is 11.9 Å². The number of ether oxygens (including phenoxy) is 1. The molecule has 2 aromatic rings. The van der Waals surface area contributed by atoms with Gasteiger partial charge in [0.2, 0.25) is 5.95 Å². The molecule has 0 radical (unpaired) electrons. The van der Waals surface area contributed by atoms with Crippen molar-refractivity contribution in [2.45, 2.75) is 46.3 Å². The lowest BCUT2D eigenvalue weighted by Crippen LogP contribution is -2.33. The average Bonchev–Trinajstić information content (AvgIpc) is 2.92. The van der Waals surface area contributed by atoms with E-state index in [0.717, 1.165) is 11.1 Å². The van der Waals surface area contributed by atoms with E-state index in [-0.39, 0.29) is 5.97 Å². The van der Waals surface area contributed by atoms with E-state index in [4.69, 9.17) is 4.74 Å². The van der Waals surface area contributed by atoms with Crippen molar-refractivity contribution in [1.29, 1.82) is 0 Å². The third-order valence-electron chi connectivity index (χ3n) is 3.82. The fraction of sp³-hybridized carbons (Fsp3) is 0.412. The first-order valence-corrected chi connectivity index (χ1v) is 7.82. The molecule has 1 atom stereocenters. The number of benzene rings is 1. The van der Waals surface area contributed by atoms with E-state index in [0.29, 0.717) is 17.2 Å². The molecule has 2 heterocycles. The van der Waals surface area contributed by atoms with Crippen LogP contribution in [0.4, 0.5) is 5.95 Å². The second kappa shape index (κ2) is 5.74. The van der Waals surface area contributed by atoms with E-state index in [1.165, 1.54) is 0 Å². The number of hydrogen-bond donors (Lipinski definition) is 1. The number of fused-ring (bicyclic) bond motifs is 1. The zero-order chi connectivity index (χ0) is 17.5. The molecule has 1 aromatic heterocycles. The topological polar surface area (TPSA) is 81.9 Å². The number of rotatable bonds is 2. The molecule has 0 fully saturated rings. The Morgan fingerprint density at radius 1 is 1.25 bits per heavy atom. The zero-order valence-corrected chi connectivity index (χ0v) is 14.5. The summed E-state index contributed by atoms with van der Waals surface area (Å²) in [5.74, 6) is 0.134. The predicted octanol–water partition coefficient (Wildman–Crippen LogP) is 2.61. The molecule has 24 heavy (non-hydrogen) atoms. The van der Waals surface area contributed by atoms with E-state index >= 15 is 0 Å². The lowest BCUT2D eigenvalue weighted by molar-refractivity contribution is -0.150. The molecule has 1 N–H and O–H groups in total. The van der Waals surface area contributed by atoms with Crippen LogP contribution in [0.5, 0.6) is 0 Å². The second-order valence-corrected chi connectivity index (χ2v) is 6.87. The van der Waals surface area contributed by atoms with Crippen molar-refractivity contribution in [3.63, 3.8) is 0 Å². The van der Waals surface area contributed by atoms with Gasteiger partial charge in [-0.3, -0.25) is 0 Å². The monoisotopic (exact) mass is 327 g/mol. The number of hydrogen-bond acceptors (Lipinski definition) is 6. The van der Waals surface area contributed by atoms with Gasteiger partial charge < -0.3 is 10.1 Å². The third-order valence-corrected chi connectivity index (χ3v) is 3.82. The summed E-state index contributed by atoms with van der Waals surface area (Å²) in [7, 11) is 0. The highest BCUT2D eigenvalue weighted by Gasteiger charge is 2.36. The first kappa shape index (κ1) is 16.2. The van der Waals surface area contributed by atoms with Crippen LogP contribution in [0.1, 0.15) is 44.9 Å². The molecule has 7 nitrogen and oxygen atoms in total. The minimum absolute atomic E-state index is 0.373.